The number of hydrogen-bond acceptors (Lipinski definition) is 5. The Morgan fingerprint density at radius 1 is 1.09 bits per heavy atom. The molecule has 180 valence electrons. The van der Waals surface area contributed by atoms with E-state index in [-0.39, 0.29) is 11.5 Å². The molecular weight excluding hydrogens is 432 g/mol. The van der Waals surface area contributed by atoms with Crippen molar-refractivity contribution in [3.63, 3.8) is 0 Å². The van der Waals surface area contributed by atoms with Crippen molar-refractivity contribution in [1.82, 2.24) is 14.8 Å². The number of amides is 1. The maximum atomic E-state index is 13.5. The molecule has 1 amide bonds. The van der Waals surface area contributed by atoms with E-state index in [0.717, 1.165) is 35.3 Å². The van der Waals surface area contributed by atoms with Gasteiger partial charge in [-0.05, 0) is 84.7 Å². The number of nitrogens with one attached hydrogen (secondary N) is 1. The quantitative estimate of drug-likeness (QED) is 0.685. The Balaban J connectivity index is 1.56. The maximum absolute atomic E-state index is 13.5. The third kappa shape index (κ3) is 4.62. The van der Waals surface area contributed by atoms with Crippen molar-refractivity contribution >= 4 is 22.2 Å². The van der Waals surface area contributed by atoms with Gasteiger partial charge >= 0.3 is 0 Å². The van der Waals surface area contributed by atoms with Gasteiger partial charge in [-0.15, -0.1) is 11.3 Å². The second kappa shape index (κ2) is 9.63. The van der Waals surface area contributed by atoms with Crippen LogP contribution >= 0.6 is 11.3 Å². The van der Waals surface area contributed by atoms with Crippen molar-refractivity contribution in [2.24, 2.45) is 0 Å². The number of rotatable bonds is 6. The smallest absolute Gasteiger partial charge is 0.255 e. The Kier molecular flexibility index (Phi) is 7.01. The van der Waals surface area contributed by atoms with Crippen molar-refractivity contribution in [2.45, 2.75) is 78.4 Å². The number of anilines is 1. The van der Waals surface area contributed by atoms with Crippen LogP contribution in [0.4, 0.5) is 5.00 Å². The molecule has 1 fully saturated rings. The number of carbonyl (C=O) groups is 1. The minimum absolute atomic E-state index is 0.0722. The molecule has 0 spiro atoms. The van der Waals surface area contributed by atoms with E-state index in [2.05, 4.69) is 42.7 Å². The van der Waals surface area contributed by atoms with Gasteiger partial charge in [-0.2, -0.15) is 0 Å². The van der Waals surface area contributed by atoms with Crippen LogP contribution in [0.15, 0.2) is 10.9 Å². The Morgan fingerprint density at radius 3 is 2.36 bits per heavy atom. The summed E-state index contributed by atoms with van der Waals surface area (Å²) in [5, 5.41) is 1.27. The molecule has 2 aromatic heterocycles. The molecule has 6 nitrogen and oxygen atoms in total. The number of nitrogens with zero attached hydrogens (tertiary/aromatic N) is 3. The van der Waals surface area contributed by atoms with Gasteiger partial charge in [-0.1, -0.05) is 0 Å². The number of fused-ring (bicyclic) bond motifs is 1. The van der Waals surface area contributed by atoms with Gasteiger partial charge in [-0.25, -0.2) is 0 Å². The fourth-order valence-electron chi connectivity index (χ4n) is 5.66. The van der Waals surface area contributed by atoms with Crippen LogP contribution in [0.2, 0.25) is 0 Å². The van der Waals surface area contributed by atoms with Gasteiger partial charge in [0.15, 0.2) is 0 Å². The van der Waals surface area contributed by atoms with Crippen LogP contribution in [0.3, 0.4) is 0 Å². The summed E-state index contributed by atoms with van der Waals surface area (Å²) < 4.78 is 0. The van der Waals surface area contributed by atoms with Crippen LogP contribution in [0, 0.1) is 20.8 Å². The summed E-state index contributed by atoms with van der Waals surface area (Å²) in [5.41, 5.74) is 4.41. The number of carbonyl (C=O) groups excluding carboxylic acids is 1. The number of pyridine rings is 1. The van der Waals surface area contributed by atoms with Gasteiger partial charge in [0, 0.05) is 47.7 Å². The van der Waals surface area contributed by atoms with Gasteiger partial charge in [-0.3, -0.25) is 9.59 Å². The van der Waals surface area contributed by atoms with E-state index in [1.807, 2.05) is 36.2 Å². The SMILES string of the molecule is CCN(c1sc2c(c1C)C(=O)N(Cc1c(C)cc(C)[nH]c1=O)CC2)C1CCC(N(C)C)CC1. The predicted molar refractivity (Wildman–Crippen MR) is 137 cm³/mol. The molecule has 33 heavy (non-hydrogen) atoms. The molecule has 0 saturated heterocycles. The Morgan fingerprint density at radius 2 is 1.76 bits per heavy atom. The fourth-order valence-corrected chi connectivity index (χ4v) is 7.08. The minimum Gasteiger partial charge on any atom is -0.361 e. The summed E-state index contributed by atoms with van der Waals surface area (Å²) in [4.78, 5) is 36.9. The second-order valence-electron chi connectivity index (χ2n) is 9.96. The van der Waals surface area contributed by atoms with Crippen molar-refractivity contribution in [2.75, 3.05) is 32.1 Å². The molecule has 1 N–H and O–H groups in total. The number of H-pyrrole nitrogens is 1. The van der Waals surface area contributed by atoms with Crippen LogP contribution in [-0.4, -0.2) is 60.0 Å². The normalized spacial score (nSPS) is 20.9. The maximum Gasteiger partial charge on any atom is 0.255 e. The third-order valence-electron chi connectivity index (χ3n) is 7.59. The molecule has 1 saturated carbocycles. The first-order valence-electron chi connectivity index (χ1n) is 12.2. The number of aryl methyl sites for hydroxylation is 2. The molecule has 0 bridgehead atoms. The van der Waals surface area contributed by atoms with Gasteiger partial charge in [0.05, 0.1) is 17.1 Å². The number of thiophene rings is 1. The highest BCUT2D eigenvalue weighted by molar-refractivity contribution is 7.16. The van der Waals surface area contributed by atoms with E-state index in [1.54, 1.807) is 0 Å². The molecule has 1 aliphatic carbocycles. The van der Waals surface area contributed by atoms with Crippen molar-refractivity contribution in [3.8, 4) is 0 Å². The molecule has 4 rings (SSSR count). The number of aromatic nitrogens is 1. The molecule has 7 heteroatoms. The highest BCUT2D eigenvalue weighted by atomic mass is 32.1. The zero-order valence-electron chi connectivity index (χ0n) is 21.0. The first kappa shape index (κ1) is 24.0. The Labute approximate surface area is 201 Å². The lowest BCUT2D eigenvalue weighted by molar-refractivity contribution is 0.0727. The molecular formula is C26H38N4O2S. The van der Waals surface area contributed by atoms with Crippen molar-refractivity contribution in [3.05, 3.63) is 49.2 Å². The lowest BCUT2D eigenvalue weighted by atomic mass is 9.89. The fraction of sp³-hybridized carbons (Fsp3) is 0.615. The number of hydrogen-bond donors (Lipinski definition) is 1. The van der Waals surface area contributed by atoms with Crippen molar-refractivity contribution < 1.29 is 4.79 Å². The summed E-state index contributed by atoms with van der Waals surface area (Å²) >= 11 is 1.82. The average molecular weight is 471 g/mol. The molecule has 1 aliphatic heterocycles. The van der Waals surface area contributed by atoms with Gasteiger partial charge in [0.2, 0.25) is 0 Å². The van der Waals surface area contributed by atoms with Crippen molar-refractivity contribution in [1.29, 1.82) is 0 Å². The van der Waals surface area contributed by atoms with Gasteiger partial charge < -0.3 is 19.7 Å². The summed E-state index contributed by atoms with van der Waals surface area (Å²) in [7, 11) is 4.37. The summed E-state index contributed by atoms with van der Waals surface area (Å²) in [5.74, 6) is 0.0722. The zero-order chi connectivity index (χ0) is 23.9. The van der Waals surface area contributed by atoms with Gasteiger partial charge in [0.25, 0.3) is 11.5 Å². The first-order chi connectivity index (χ1) is 15.7. The monoisotopic (exact) mass is 470 g/mol. The zero-order valence-corrected chi connectivity index (χ0v) is 21.8. The molecule has 2 aliphatic rings. The molecule has 2 aromatic rings. The van der Waals surface area contributed by atoms with Crippen LogP contribution in [-0.2, 0) is 13.0 Å². The van der Waals surface area contributed by atoms with Crippen LogP contribution in [0.5, 0.6) is 0 Å². The second-order valence-corrected chi connectivity index (χ2v) is 11.0. The van der Waals surface area contributed by atoms with Crippen LogP contribution < -0.4 is 10.5 Å². The van der Waals surface area contributed by atoms with E-state index in [1.165, 1.54) is 35.6 Å². The average Bonchev–Trinajstić information content (AvgIpc) is 3.10. The van der Waals surface area contributed by atoms with E-state index in [9.17, 15) is 9.59 Å². The Hall–Kier alpha value is -2.12. The molecule has 0 atom stereocenters. The standard InChI is InChI=1S/C26H38N4O2S/c1-7-30(20-10-8-19(9-11-20)28(5)6)26-18(4)23-22(33-26)12-13-29(25(23)32)15-21-16(2)14-17(3)27-24(21)31/h14,19-20H,7-13,15H2,1-6H3,(H,27,31). The molecule has 0 radical (unpaired) electrons. The molecule has 0 unspecified atom stereocenters. The third-order valence-corrected chi connectivity index (χ3v) is 8.97. The van der Waals surface area contributed by atoms with Gasteiger partial charge in [0.1, 0.15) is 0 Å². The van der Waals surface area contributed by atoms with E-state index < -0.39 is 0 Å². The van der Waals surface area contributed by atoms with Crippen LogP contribution in [0.25, 0.3) is 0 Å². The summed E-state index contributed by atoms with van der Waals surface area (Å²) in [6.45, 7) is 10.2. The Bertz CT molecular complexity index is 1080. The number of aromatic amines is 1. The van der Waals surface area contributed by atoms with E-state index >= 15 is 0 Å². The highest BCUT2D eigenvalue weighted by Crippen LogP contribution is 2.41. The highest BCUT2D eigenvalue weighted by Gasteiger charge is 2.34. The van der Waals surface area contributed by atoms with E-state index in [0.29, 0.717) is 30.7 Å². The topological polar surface area (TPSA) is 59.7 Å². The molecule has 0 aromatic carbocycles. The van der Waals surface area contributed by atoms with E-state index in [4.69, 9.17) is 0 Å². The predicted octanol–water partition coefficient (Wildman–Crippen LogP) is 4.26. The lowest BCUT2D eigenvalue weighted by Gasteiger charge is -2.39. The van der Waals surface area contributed by atoms with Crippen LogP contribution in [0.1, 0.15) is 70.2 Å². The summed E-state index contributed by atoms with van der Waals surface area (Å²) in [6, 6.07) is 3.21. The lowest BCUT2D eigenvalue weighted by Crippen LogP contribution is -2.42. The minimum atomic E-state index is -0.0840. The first-order valence-corrected chi connectivity index (χ1v) is 13.1. The largest absolute Gasteiger partial charge is 0.361 e. The molecule has 3 heterocycles. The summed E-state index contributed by atoms with van der Waals surface area (Å²) in [6.07, 6.45) is 5.73.